The zero-order valence-corrected chi connectivity index (χ0v) is 12.5. The van der Waals surface area contributed by atoms with E-state index in [-0.39, 0.29) is 17.5 Å². The molecule has 3 aromatic rings. The lowest BCUT2D eigenvalue weighted by atomic mass is 10.1. The van der Waals surface area contributed by atoms with Gasteiger partial charge in [0.05, 0.1) is 22.1 Å². The van der Waals surface area contributed by atoms with Gasteiger partial charge >= 0.3 is 0 Å². The summed E-state index contributed by atoms with van der Waals surface area (Å²) in [5.74, 6) is 0.722. The van der Waals surface area contributed by atoms with Gasteiger partial charge in [-0.1, -0.05) is 13.8 Å². The van der Waals surface area contributed by atoms with E-state index in [9.17, 15) is 4.79 Å². The van der Waals surface area contributed by atoms with Gasteiger partial charge in [0.1, 0.15) is 16.9 Å². The van der Waals surface area contributed by atoms with Crippen molar-refractivity contribution in [3.8, 4) is 10.6 Å². The summed E-state index contributed by atoms with van der Waals surface area (Å²) in [6.45, 7) is 3.99. The lowest BCUT2D eigenvalue weighted by Gasteiger charge is -2.13. The van der Waals surface area contributed by atoms with E-state index in [1.807, 2.05) is 19.9 Å². The molecule has 0 aromatic carbocycles. The van der Waals surface area contributed by atoms with Gasteiger partial charge in [-0.2, -0.15) is 0 Å². The Labute approximate surface area is 125 Å². The molecule has 7 heteroatoms. The Balaban J connectivity index is 2.14. The average Bonchev–Trinajstić information content (AvgIpc) is 2.92. The molecule has 0 aliphatic carbocycles. The highest BCUT2D eigenvalue weighted by Gasteiger charge is 2.16. The van der Waals surface area contributed by atoms with Crippen LogP contribution in [-0.4, -0.2) is 19.9 Å². The summed E-state index contributed by atoms with van der Waals surface area (Å²) in [4.78, 5) is 28.4. The average molecular weight is 301 g/mol. The van der Waals surface area contributed by atoms with Gasteiger partial charge in [-0.25, -0.2) is 15.0 Å². The van der Waals surface area contributed by atoms with E-state index in [2.05, 4.69) is 19.9 Å². The summed E-state index contributed by atoms with van der Waals surface area (Å²) >= 11 is 1.37. The van der Waals surface area contributed by atoms with Crippen LogP contribution in [0.25, 0.3) is 20.8 Å². The number of fused-ring (bicyclic) bond motifs is 1. The van der Waals surface area contributed by atoms with Gasteiger partial charge in [0.2, 0.25) is 0 Å². The predicted octanol–water partition coefficient (Wildman–Crippen LogP) is 2.10. The number of aromatic amines is 1. The Kier molecular flexibility index (Phi) is 3.52. The zero-order chi connectivity index (χ0) is 15.0. The molecule has 0 aliphatic heterocycles. The third kappa shape index (κ3) is 2.57. The van der Waals surface area contributed by atoms with E-state index < -0.39 is 0 Å². The fraction of sp³-hybridized carbons (Fsp3) is 0.286. The number of hydrogen-bond acceptors (Lipinski definition) is 6. The molecule has 0 spiro atoms. The normalized spacial score (nSPS) is 13.0. The van der Waals surface area contributed by atoms with Crippen molar-refractivity contribution in [2.24, 2.45) is 11.7 Å². The number of hydrogen-bond donors (Lipinski definition) is 2. The van der Waals surface area contributed by atoms with E-state index in [1.165, 1.54) is 17.7 Å². The minimum atomic E-state index is -0.287. The molecule has 0 saturated heterocycles. The van der Waals surface area contributed by atoms with E-state index in [1.54, 1.807) is 12.3 Å². The standard InChI is InChI=1S/C14H15N5OS/c1-7(2)11(15)13-18-9-5-10(8-3-4-16-6-17-8)21-12(9)14(20)19-13/h3-7,11H,15H2,1-2H3,(H,18,19,20)/t11-/m0/s1. The number of H-pyrrole nitrogens is 1. The van der Waals surface area contributed by atoms with Crippen molar-refractivity contribution >= 4 is 21.6 Å². The first kappa shape index (κ1) is 13.8. The van der Waals surface area contributed by atoms with E-state index >= 15 is 0 Å². The number of rotatable bonds is 3. The lowest BCUT2D eigenvalue weighted by Crippen LogP contribution is -2.23. The van der Waals surface area contributed by atoms with Crippen molar-refractivity contribution in [3.63, 3.8) is 0 Å². The van der Waals surface area contributed by atoms with Gasteiger partial charge in [0, 0.05) is 6.20 Å². The van der Waals surface area contributed by atoms with E-state index in [0.29, 0.717) is 16.0 Å². The van der Waals surface area contributed by atoms with Gasteiger partial charge < -0.3 is 10.7 Å². The van der Waals surface area contributed by atoms with Crippen LogP contribution < -0.4 is 11.3 Å². The van der Waals surface area contributed by atoms with Gasteiger partial charge in [-0.15, -0.1) is 11.3 Å². The quantitative estimate of drug-likeness (QED) is 0.772. The molecular formula is C14H15N5OS. The number of nitrogens with two attached hydrogens (primary N) is 1. The molecule has 108 valence electrons. The van der Waals surface area contributed by atoms with Crippen LogP contribution in [0.4, 0.5) is 0 Å². The third-order valence-corrected chi connectivity index (χ3v) is 4.42. The van der Waals surface area contributed by atoms with Crippen molar-refractivity contribution < 1.29 is 0 Å². The molecule has 0 amide bonds. The molecule has 3 heterocycles. The summed E-state index contributed by atoms with van der Waals surface area (Å²) in [6, 6.07) is 3.39. The zero-order valence-electron chi connectivity index (χ0n) is 11.7. The highest BCUT2D eigenvalue weighted by molar-refractivity contribution is 7.22. The topological polar surface area (TPSA) is 97.5 Å². The second kappa shape index (κ2) is 5.34. The van der Waals surface area contributed by atoms with Crippen LogP contribution in [-0.2, 0) is 0 Å². The minimum Gasteiger partial charge on any atom is -0.321 e. The van der Waals surface area contributed by atoms with Crippen LogP contribution in [0.2, 0.25) is 0 Å². The molecule has 3 aromatic heterocycles. The van der Waals surface area contributed by atoms with Crippen molar-refractivity contribution in [3.05, 3.63) is 40.8 Å². The van der Waals surface area contributed by atoms with Gasteiger partial charge in [-0.05, 0) is 18.1 Å². The van der Waals surface area contributed by atoms with Crippen molar-refractivity contribution in [2.75, 3.05) is 0 Å². The maximum absolute atomic E-state index is 12.2. The number of nitrogens with zero attached hydrogens (tertiary/aromatic N) is 3. The second-order valence-corrected chi connectivity index (χ2v) is 6.19. The number of aromatic nitrogens is 4. The van der Waals surface area contributed by atoms with Crippen LogP contribution in [0.3, 0.4) is 0 Å². The molecule has 6 nitrogen and oxygen atoms in total. The summed E-state index contributed by atoms with van der Waals surface area (Å²) in [6.07, 6.45) is 3.15. The largest absolute Gasteiger partial charge is 0.321 e. The predicted molar refractivity (Wildman–Crippen MR) is 83.0 cm³/mol. The maximum atomic E-state index is 12.2. The molecule has 0 bridgehead atoms. The summed E-state index contributed by atoms with van der Waals surface area (Å²) < 4.78 is 0.586. The van der Waals surface area contributed by atoms with Gasteiger partial charge in [0.15, 0.2) is 0 Å². The van der Waals surface area contributed by atoms with Crippen LogP contribution in [0.15, 0.2) is 29.5 Å². The second-order valence-electron chi connectivity index (χ2n) is 5.14. The number of nitrogens with one attached hydrogen (secondary N) is 1. The fourth-order valence-corrected chi connectivity index (χ4v) is 2.96. The summed E-state index contributed by atoms with van der Waals surface area (Å²) in [5.41, 5.74) is 7.35. The Bertz CT molecular complexity index is 824. The Morgan fingerprint density at radius 3 is 2.86 bits per heavy atom. The van der Waals surface area contributed by atoms with E-state index in [4.69, 9.17) is 5.73 Å². The monoisotopic (exact) mass is 301 g/mol. The van der Waals surface area contributed by atoms with Crippen molar-refractivity contribution in [1.82, 2.24) is 19.9 Å². The molecule has 3 N–H and O–H groups in total. The molecule has 0 aliphatic rings. The third-order valence-electron chi connectivity index (χ3n) is 3.27. The van der Waals surface area contributed by atoms with Crippen LogP contribution in [0, 0.1) is 5.92 Å². The summed E-state index contributed by atoms with van der Waals surface area (Å²) in [5, 5.41) is 0. The highest BCUT2D eigenvalue weighted by Crippen LogP contribution is 2.29. The fourth-order valence-electron chi connectivity index (χ4n) is 1.99. The van der Waals surface area contributed by atoms with Crippen LogP contribution in [0.5, 0.6) is 0 Å². The van der Waals surface area contributed by atoms with Crippen LogP contribution in [0.1, 0.15) is 25.7 Å². The first-order valence-corrected chi connectivity index (χ1v) is 7.43. The summed E-state index contributed by atoms with van der Waals surface area (Å²) in [7, 11) is 0. The SMILES string of the molecule is CC(C)[C@H](N)c1nc2cc(-c3ccncn3)sc2c(=O)[nH]1. The first-order valence-electron chi connectivity index (χ1n) is 6.62. The molecule has 0 saturated carbocycles. The van der Waals surface area contributed by atoms with Crippen molar-refractivity contribution in [1.29, 1.82) is 0 Å². The van der Waals surface area contributed by atoms with Crippen molar-refractivity contribution in [2.45, 2.75) is 19.9 Å². The molecule has 3 rings (SSSR count). The number of thiophene rings is 1. The molecule has 21 heavy (non-hydrogen) atoms. The molecule has 0 unspecified atom stereocenters. The maximum Gasteiger partial charge on any atom is 0.268 e. The Morgan fingerprint density at radius 2 is 2.19 bits per heavy atom. The molecular weight excluding hydrogens is 286 g/mol. The Morgan fingerprint density at radius 1 is 1.38 bits per heavy atom. The molecule has 0 radical (unpaired) electrons. The van der Waals surface area contributed by atoms with E-state index in [0.717, 1.165) is 10.6 Å². The van der Waals surface area contributed by atoms with Gasteiger partial charge in [0.25, 0.3) is 5.56 Å². The van der Waals surface area contributed by atoms with Gasteiger partial charge in [-0.3, -0.25) is 4.79 Å². The lowest BCUT2D eigenvalue weighted by molar-refractivity contribution is 0.491. The van der Waals surface area contributed by atoms with Crippen LogP contribution >= 0.6 is 11.3 Å². The first-order chi connectivity index (χ1) is 10.1. The molecule has 1 atom stereocenters. The minimum absolute atomic E-state index is 0.156. The highest BCUT2D eigenvalue weighted by atomic mass is 32.1. The smallest absolute Gasteiger partial charge is 0.268 e. The molecule has 0 fully saturated rings. The Hall–Kier alpha value is -2.12.